The van der Waals surface area contributed by atoms with Gasteiger partial charge in [-0.1, -0.05) is 6.07 Å². The summed E-state index contributed by atoms with van der Waals surface area (Å²) in [4.78, 5) is 35.7. The van der Waals surface area contributed by atoms with Crippen LogP contribution in [-0.2, 0) is 4.74 Å². The third-order valence-electron chi connectivity index (χ3n) is 5.88. The zero-order valence-corrected chi connectivity index (χ0v) is 19.6. The first kappa shape index (κ1) is 25.1. The molecule has 12 heteroatoms. The van der Waals surface area contributed by atoms with Crippen LogP contribution in [0.5, 0.6) is 0 Å². The van der Waals surface area contributed by atoms with Crippen LogP contribution < -0.4 is 15.5 Å². The second kappa shape index (κ2) is 10.4. The van der Waals surface area contributed by atoms with Crippen LogP contribution in [0, 0.1) is 23.3 Å². The maximum atomic E-state index is 15.2. The first-order chi connectivity index (χ1) is 18.3. The Bertz CT molecular complexity index is 1560. The molecule has 0 aliphatic carbocycles. The number of ether oxygens (including phenoxy) is 1. The standard InChI is InChI=1S/C26H19F4N5O3/c27-15-2-1-3-16(10-15)33-26(37)34-19-11-18(28)23(29)22(24(19)30)25(36)20-9-14-8-17(12-31-21(14)13-32-20)35-4-6-38-7-5-35/h1-3,8-13H,4-7H2,(H2,33,34,37). The zero-order chi connectivity index (χ0) is 26.8. The number of benzene rings is 2. The molecule has 38 heavy (non-hydrogen) atoms. The van der Waals surface area contributed by atoms with E-state index in [4.69, 9.17) is 4.74 Å². The number of hydrogen-bond donors (Lipinski definition) is 2. The first-order valence-electron chi connectivity index (χ1n) is 11.4. The van der Waals surface area contributed by atoms with Gasteiger partial charge >= 0.3 is 6.03 Å². The Kier molecular flexibility index (Phi) is 6.88. The third kappa shape index (κ3) is 5.11. The van der Waals surface area contributed by atoms with Gasteiger partial charge in [-0.2, -0.15) is 0 Å². The smallest absolute Gasteiger partial charge is 0.323 e. The fraction of sp³-hybridized carbons (Fsp3) is 0.154. The van der Waals surface area contributed by atoms with E-state index in [1.54, 1.807) is 12.3 Å². The number of nitrogens with zero attached hydrogens (tertiary/aromatic N) is 3. The minimum absolute atomic E-state index is 0.0345. The molecule has 1 aliphatic rings. The van der Waals surface area contributed by atoms with Gasteiger partial charge in [0.05, 0.1) is 42.5 Å². The van der Waals surface area contributed by atoms with E-state index in [9.17, 15) is 22.8 Å². The molecule has 0 unspecified atom stereocenters. The number of carbonyl (C=O) groups excluding carboxylic acids is 2. The molecule has 0 radical (unpaired) electrons. The highest BCUT2D eigenvalue weighted by molar-refractivity contribution is 6.10. The Morgan fingerprint density at radius 2 is 1.68 bits per heavy atom. The fourth-order valence-corrected chi connectivity index (χ4v) is 4.01. The molecule has 1 fully saturated rings. The lowest BCUT2D eigenvalue weighted by atomic mass is 10.0. The molecule has 2 N–H and O–H groups in total. The number of amides is 2. The number of urea groups is 1. The van der Waals surface area contributed by atoms with Crippen molar-refractivity contribution in [3.63, 3.8) is 0 Å². The number of anilines is 3. The van der Waals surface area contributed by atoms with Crippen LogP contribution in [0.4, 0.5) is 39.4 Å². The van der Waals surface area contributed by atoms with Crippen LogP contribution >= 0.6 is 0 Å². The second-order valence-electron chi connectivity index (χ2n) is 8.38. The number of ketones is 1. The van der Waals surface area contributed by atoms with Gasteiger partial charge in [-0.15, -0.1) is 0 Å². The summed E-state index contributed by atoms with van der Waals surface area (Å²) in [6.07, 6.45) is 2.92. The lowest BCUT2D eigenvalue weighted by Gasteiger charge is -2.28. The number of fused-ring (bicyclic) bond motifs is 1. The number of morpholine rings is 1. The Morgan fingerprint density at radius 3 is 2.45 bits per heavy atom. The van der Waals surface area contributed by atoms with E-state index >= 15 is 4.39 Å². The summed E-state index contributed by atoms with van der Waals surface area (Å²) in [6, 6.07) is 7.25. The summed E-state index contributed by atoms with van der Waals surface area (Å²) in [5.41, 5.74) is -1.13. The molecule has 2 aromatic heterocycles. The van der Waals surface area contributed by atoms with Crippen molar-refractivity contribution >= 4 is 39.8 Å². The molecule has 8 nitrogen and oxygen atoms in total. The molecule has 1 saturated heterocycles. The van der Waals surface area contributed by atoms with Gasteiger partial charge in [0.1, 0.15) is 17.1 Å². The van der Waals surface area contributed by atoms with Gasteiger partial charge in [0.2, 0.25) is 5.78 Å². The molecule has 4 aromatic rings. The molecule has 0 atom stereocenters. The van der Waals surface area contributed by atoms with E-state index < -0.39 is 46.3 Å². The van der Waals surface area contributed by atoms with Crippen molar-refractivity contribution in [2.75, 3.05) is 41.8 Å². The van der Waals surface area contributed by atoms with Crippen molar-refractivity contribution in [3.8, 4) is 0 Å². The van der Waals surface area contributed by atoms with Gasteiger partial charge in [-0.05, 0) is 30.3 Å². The molecular formula is C26H19F4N5O3. The number of hydrogen-bond acceptors (Lipinski definition) is 6. The molecule has 3 heterocycles. The molecule has 0 saturated carbocycles. The summed E-state index contributed by atoms with van der Waals surface area (Å²) in [5.74, 6) is -6.65. The second-order valence-corrected chi connectivity index (χ2v) is 8.38. The number of halogens is 4. The van der Waals surface area contributed by atoms with E-state index in [1.807, 2.05) is 10.2 Å². The molecule has 0 bridgehead atoms. The van der Waals surface area contributed by atoms with Crippen LogP contribution in [0.2, 0.25) is 0 Å². The van der Waals surface area contributed by atoms with Crippen LogP contribution in [0.25, 0.3) is 10.9 Å². The van der Waals surface area contributed by atoms with Crippen molar-refractivity contribution in [1.82, 2.24) is 9.97 Å². The molecule has 2 aromatic carbocycles. The third-order valence-corrected chi connectivity index (χ3v) is 5.88. The summed E-state index contributed by atoms with van der Waals surface area (Å²) < 4.78 is 63.0. The van der Waals surface area contributed by atoms with Gasteiger partial charge in [0.25, 0.3) is 0 Å². The highest BCUT2D eigenvalue weighted by Gasteiger charge is 2.27. The van der Waals surface area contributed by atoms with Gasteiger partial charge in [0, 0.05) is 30.2 Å². The van der Waals surface area contributed by atoms with Crippen LogP contribution in [0.1, 0.15) is 16.1 Å². The van der Waals surface area contributed by atoms with Crippen LogP contribution in [0.3, 0.4) is 0 Å². The van der Waals surface area contributed by atoms with E-state index in [0.717, 1.165) is 17.8 Å². The van der Waals surface area contributed by atoms with E-state index in [-0.39, 0.29) is 11.4 Å². The van der Waals surface area contributed by atoms with Crippen molar-refractivity contribution < 1.29 is 31.9 Å². The SMILES string of the molecule is O=C(Nc1cccc(F)c1)Nc1cc(F)c(F)c(C(=O)c2cc3cc(N4CCOCC4)cnc3cn2)c1F. The van der Waals surface area contributed by atoms with Crippen molar-refractivity contribution in [3.05, 3.63) is 89.4 Å². The topological polar surface area (TPSA) is 96.5 Å². The van der Waals surface area contributed by atoms with E-state index in [2.05, 4.69) is 15.3 Å². The van der Waals surface area contributed by atoms with Crippen LogP contribution in [-0.4, -0.2) is 48.1 Å². The van der Waals surface area contributed by atoms with Crippen LogP contribution in [0.15, 0.2) is 54.9 Å². The minimum atomic E-state index is -1.73. The molecule has 1 aliphatic heterocycles. The van der Waals surface area contributed by atoms with E-state index in [1.165, 1.54) is 24.4 Å². The number of carbonyl (C=O) groups is 2. The lowest BCUT2D eigenvalue weighted by Crippen LogP contribution is -2.36. The van der Waals surface area contributed by atoms with Gasteiger partial charge < -0.3 is 20.3 Å². The van der Waals surface area contributed by atoms with Crippen molar-refractivity contribution in [2.24, 2.45) is 0 Å². The summed E-state index contributed by atoms with van der Waals surface area (Å²) in [5, 5.41) is 4.73. The maximum absolute atomic E-state index is 15.2. The number of nitrogens with one attached hydrogen (secondary N) is 2. The van der Waals surface area contributed by atoms with Gasteiger partial charge in [-0.3, -0.25) is 14.8 Å². The summed E-state index contributed by atoms with van der Waals surface area (Å²) in [7, 11) is 0. The largest absolute Gasteiger partial charge is 0.378 e. The van der Waals surface area contributed by atoms with E-state index in [0.29, 0.717) is 43.3 Å². The first-order valence-corrected chi connectivity index (χ1v) is 11.4. The molecule has 5 rings (SSSR count). The predicted octanol–water partition coefficient (Wildman–Crippen LogP) is 4.90. The average Bonchev–Trinajstić information content (AvgIpc) is 2.91. The fourth-order valence-electron chi connectivity index (χ4n) is 4.01. The molecule has 2 amide bonds. The molecule has 0 spiro atoms. The number of aromatic nitrogens is 2. The van der Waals surface area contributed by atoms with Gasteiger partial charge in [0.15, 0.2) is 17.5 Å². The Balaban J connectivity index is 1.44. The average molecular weight is 525 g/mol. The highest BCUT2D eigenvalue weighted by atomic mass is 19.2. The summed E-state index contributed by atoms with van der Waals surface area (Å²) in [6.45, 7) is 2.39. The normalized spacial score (nSPS) is 13.4. The Morgan fingerprint density at radius 1 is 0.895 bits per heavy atom. The predicted molar refractivity (Wildman–Crippen MR) is 131 cm³/mol. The molecular weight excluding hydrogens is 506 g/mol. The summed E-state index contributed by atoms with van der Waals surface area (Å²) >= 11 is 0. The Hall–Kier alpha value is -4.58. The monoisotopic (exact) mass is 525 g/mol. The number of rotatable bonds is 5. The maximum Gasteiger partial charge on any atom is 0.323 e. The highest BCUT2D eigenvalue weighted by Crippen LogP contribution is 2.28. The van der Waals surface area contributed by atoms with Gasteiger partial charge in [-0.25, -0.2) is 22.4 Å². The van der Waals surface area contributed by atoms with Crippen molar-refractivity contribution in [2.45, 2.75) is 0 Å². The zero-order valence-electron chi connectivity index (χ0n) is 19.6. The Labute approximate surface area is 213 Å². The number of pyridine rings is 2. The lowest BCUT2D eigenvalue weighted by molar-refractivity contribution is 0.102. The molecule has 194 valence electrons. The minimum Gasteiger partial charge on any atom is -0.378 e. The van der Waals surface area contributed by atoms with Crippen molar-refractivity contribution in [1.29, 1.82) is 0 Å². The quantitative estimate of drug-likeness (QED) is 0.219.